The number of aryl methyl sites for hydroxylation is 1. The van der Waals surface area contributed by atoms with E-state index in [1.165, 1.54) is 16.8 Å². The molecular weight excluding hydrogens is 288 g/mol. The van der Waals surface area contributed by atoms with Crippen molar-refractivity contribution in [2.24, 2.45) is 0 Å². The van der Waals surface area contributed by atoms with Gasteiger partial charge in [-0.15, -0.1) is 0 Å². The summed E-state index contributed by atoms with van der Waals surface area (Å²) < 4.78 is 5.70. The summed E-state index contributed by atoms with van der Waals surface area (Å²) >= 11 is 0. The van der Waals surface area contributed by atoms with Gasteiger partial charge in [0.25, 0.3) is 0 Å². The molecule has 1 saturated heterocycles. The third-order valence-corrected chi connectivity index (χ3v) is 5.84. The topological polar surface area (TPSA) is 41.6 Å². The largest absolute Gasteiger partial charge is 0.443 e. The number of fused-ring (bicyclic) bond motifs is 3. The van der Waals surface area contributed by atoms with Crippen molar-refractivity contribution in [3.05, 3.63) is 29.3 Å². The van der Waals surface area contributed by atoms with E-state index in [4.69, 9.17) is 4.74 Å². The maximum atomic E-state index is 12.6. The van der Waals surface area contributed by atoms with Crippen LogP contribution in [0, 0.1) is 6.92 Å². The van der Waals surface area contributed by atoms with Gasteiger partial charge >= 0.3 is 6.09 Å². The molecular formula is C19H26N2O2. The molecule has 1 amide bonds. The van der Waals surface area contributed by atoms with Gasteiger partial charge in [-0.25, -0.2) is 4.79 Å². The van der Waals surface area contributed by atoms with E-state index in [9.17, 15) is 4.79 Å². The molecule has 1 N–H and O–H groups in total. The number of carbonyl (C=O) groups is 1. The highest BCUT2D eigenvalue weighted by Gasteiger charge is 2.47. The predicted molar refractivity (Wildman–Crippen MR) is 90.9 cm³/mol. The summed E-state index contributed by atoms with van der Waals surface area (Å²) in [4.78, 5) is 14.5. The fourth-order valence-corrected chi connectivity index (χ4v) is 4.03. The van der Waals surface area contributed by atoms with Gasteiger partial charge in [-0.3, -0.25) is 0 Å². The van der Waals surface area contributed by atoms with Gasteiger partial charge in [0.15, 0.2) is 0 Å². The number of hydrogen-bond acceptors (Lipinski definition) is 3. The number of nitrogens with one attached hydrogen (secondary N) is 1. The smallest absolute Gasteiger partial charge is 0.410 e. The first-order chi connectivity index (χ1) is 10.9. The molecule has 0 radical (unpaired) electrons. The molecule has 0 bridgehead atoms. The Kier molecular flexibility index (Phi) is 3.16. The van der Waals surface area contributed by atoms with Crippen LogP contribution in [0.1, 0.15) is 56.6 Å². The molecule has 2 aliphatic heterocycles. The fraction of sp³-hybridized carbons (Fsp3) is 0.632. The molecule has 4 nitrogen and oxygen atoms in total. The Morgan fingerprint density at radius 2 is 2.09 bits per heavy atom. The van der Waals surface area contributed by atoms with E-state index in [1.807, 2.05) is 11.8 Å². The van der Waals surface area contributed by atoms with Crippen molar-refractivity contribution in [2.45, 2.75) is 63.5 Å². The first-order valence-electron chi connectivity index (χ1n) is 8.75. The minimum Gasteiger partial charge on any atom is -0.443 e. The van der Waals surface area contributed by atoms with Crippen LogP contribution in [0.15, 0.2) is 18.2 Å². The standard InChI is InChI=1S/C19H26N2O2/c1-13-5-6-16-14(11-13)15-12-21(10-4-7-19(15,3)20-16)17(22)23-18(2)8-9-18/h5-6,11,15,20H,4,7-10,12H2,1-3H3/t15-,19-/m0/s1. The molecule has 0 unspecified atom stereocenters. The lowest BCUT2D eigenvalue weighted by atomic mass is 9.81. The Morgan fingerprint density at radius 1 is 1.30 bits per heavy atom. The van der Waals surface area contributed by atoms with Gasteiger partial charge < -0.3 is 15.0 Å². The van der Waals surface area contributed by atoms with Gasteiger partial charge in [-0.1, -0.05) is 17.7 Å². The van der Waals surface area contributed by atoms with Gasteiger partial charge in [0.05, 0.1) is 0 Å². The molecule has 124 valence electrons. The van der Waals surface area contributed by atoms with Crippen LogP contribution in [0.4, 0.5) is 10.5 Å². The van der Waals surface area contributed by atoms with Crippen LogP contribution in [0.2, 0.25) is 0 Å². The van der Waals surface area contributed by atoms with E-state index < -0.39 is 0 Å². The maximum Gasteiger partial charge on any atom is 0.410 e. The number of amides is 1. The molecule has 2 heterocycles. The zero-order chi connectivity index (χ0) is 16.2. The third-order valence-electron chi connectivity index (χ3n) is 5.84. The molecule has 4 heteroatoms. The zero-order valence-corrected chi connectivity index (χ0v) is 14.3. The van der Waals surface area contributed by atoms with Crippen molar-refractivity contribution in [1.29, 1.82) is 0 Å². The number of anilines is 1. The van der Waals surface area contributed by atoms with Gasteiger partial charge in [0.1, 0.15) is 5.60 Å². The average Bonchev–Trinajstić information content (AvgIpc) is 3.18. The van der Waals surface area contributed by atoms with Crippen LogP contribution in [0.25, 0.3) is 0 Å². The third kappa shape index (κ3) is 2.58. The number of ether oxygens (including phenoxy) is 1. The average molecular weight is 314 g/mol. The lowest BCUT2D eigenvalue weighted by Gasteiger charge is -2.32. The number of benzene rings is 1. The highest BCUT2D eigenvalue weighted by molar-refractivity contribution is 5.70. The number of carbonyl (C=O) groups excluding carboxylic acids is 1. The zero-order valence-electron chi connectivity index (χ0n) is 14.3. The molecule has 23 heavy (non-hydrogen) atoms. The summed E-state index contributed by atoms with van der Waals surface area (Å²) in [7, 11) is 0. The van der Waals surface area contributed by atoms with E-state index in [-0.39, 0.29) is 17.2 Å². The van der Waals surface area contributed by atoms with E-state index in [1.54, 1.807) is 0 Å². The van der Waals surface area contributed by atoms with Crippen molar-refractivity contribution in [1.82, 2.24) is 4.90 Å². The van der Waals surface area contributed by atoms with Crippen LogP contribution < -0.4 is 5.32 Å². The van der Waals surface area contributed by atoms with Crippen LogP contribution in [-0.2, 0) is 4.74 Å². The van der Waals surface area contributed by atoms with Crippen molar-refractivity contribution in [3.63, 3.8) is 0 Å². The number of nitrogens with zero attached hydrogens (tertiary/aromatic N) is 1. The second-order valence-corrected chi connectivity index (χ2v) is 8.05. The molecule has 3 aliphatic rings. The Balaban J connectivity index is 1.60. The monoisotopic (exact) mass is 314 g/mol. The van der Waals surface area contributed by atoms with Crippen molar-refractivity contribution >= 4 is 11.8 Å². The van der Waals surface area contributed by atoms with Crippen LogP contribution in [0.5, 0.6) is 0 Å². The van der Waals surface area contributed by atoms with Crippen molar-refractivity contribution in [2.75, 3.05) is 18.4 Å². The summed E-state index contributed by atoms with van der Waals surface area (Å²) in [5.41, 5.74) is 3.69. The molecule has 2 atom stereocenters. The van der Waals surface area contributed by atoms with Crippen LogP contribution in [0.3, 0.4) is 0 Å². The SMILES string of the molecule is Cc1ccc2c(c1)[C@@H]1CN(C(=O)OC3(C)CC3)CCC[C@]1(C)N2. The molecule has 0 aromatic heterocycles. The first-order valence-corrected chi connectivity index (χ1v) is 8.75. The predicted octanol–water partition coefficient (Wildman–Crippen LogP) is 4.05. The van der Waals surface area contributed by atoms with E-state index >= 15 is 0 Å². The molecule has 1 aromatic carbocycles. The lowest BCUT2D eigenvalue weighted by molar-refractivity contribution is 0.0580. The molecule has 1 aromatic rings. The Bertz CT molecular complexity index is 653. The summed E-state index contributed by atoms with van der Waals surface area (Å²) in [6.45, 7) is 8.00. The minimum atomic E-state index is -0.199. The van der Waals surface area contributed by atoms with Gasteiger partial charge in [0, 0.05) is 30.2 Å². The molecule has 1 saturated carbocycles. The summed E-state index contributed by atoms with van der Waals surface area (Å²) in [6.07, 6.45) is 3.95. The van der Waals surface area contributed by atoms with Gasteiger partial charge in [-0.2, -0.15) is 0 Å². The highest BCUT2D eigenvalue weighted by Crippen LogP contribution is 2.47. The lowest BCUT2D eigenvalue weighted by Crippen LogP contribution is -2.41. The van der Waals surface area contributed by atoms with Crippen LogP contribution in [-0.4, -0.2) is 35.2 Å². The molecule has 4 rings (SSSR count). The van der Waals surface area contributed by atoms with Crippen molar-refractivity contribution < 1.29 is 9.53 Å². The normalized spacial score (nSPS) is 30.7. The number of hydrogen-bond donors (Lipinski definition) is 1. The summed E-state index contributed by atoms with van der Waals surface area (Å²) in [5.74, 6) is 0.333. The number of likely N-dealkylation sites (tertiary alicyclic amines) is 1. The minimum absolute atomic E-state index is 0.0363. The Labute approximate surface area is 138 Å². The second kappa shape index (κ2) is 4.89. The van der Waals surface area contributed by atoms with Crippen LogP contribution >= 0.6 is 0 Å². The van der Waals surface area contributed by atoms with Crippen molar-refractivity contribution in [3.8, 4) is 0 Å². The Morgan fingerprint density at radius 3 is 2.83 bits per heavy atom. The fourth-order valence-electron chi connectivity index (χ4n) is 4.03. The second-order valence-electron chi connectivity index (χ2n) is 8.05. The number of rotatable bonds is 1. The summed E-state index contributed by atoms with van der Waals surface area (Å²) in [5, 5.41) is 3.72. The quantitative estimate of drug-likeness (QED) is 0.850. The Hall–Kier alpha value is -1.71. The molecule has 1 aliphatic carbocycles. The molecule has 2 fully saturated rings. The van der Waals surface area contributed by atoms with Gasteiger partial charge in [-0.05, 0) is 58.1 Å². The van der Waals surface area contributed by atoms with Gasteiger partial charge in [0.2, 0.25) is 0 Å². The first kappa shape index (κ1) is 14.9. The summed E-state index contributed by atoms with van der Waals surface area (Å²) in [6, 6.07) is 6.61. The molecule has 0 spiro atoms. The van der Waals surface area contributed by atoms with E-state index in [2.05, 4.69) is 37.4 Å². The van der Waals surface area contributed by atoms with E-state index in [0.29, 0.717) is 5.92 Å². The highest BCUT2D eigenvalue weighted by atomic mass is 16.6. The maximum absolute atomic E-state index is 12.6. The van der Waals surface area contributed by atoms with E-state index in [0.717, 1.165) is 38.8 Å².